The molecule has 8 nitrogen and oxygen atoms in total. The van der Waals surface area contributed by atoms with E-state index in [0.717, 1.165) is 0 Å². The number of likely N-dealkylation sites (tertiary alicyclic amines) is 1. The molecule has 8 heteroatoms. The second-order valence-corrected chi connectivity index (χ2v) is 9.63. The lowest BCUT2D eigenvalue weighted by Crippen LogP contribution is -2.29. The highest BCUT2D eigenvalue weighted by molar-refractivity contribution is 6.46. The average Bonchev–Trinajstić information content (AvgIpc) is 3.18. The van der Waals surface area contributed by atoms with E-state index in [0.29, 0.717) is 47.3 Å². The molecule has 1 amide bonds. The molecule has 0 radical (unpaired) electrons. The number of nitrogens with zero attached hydrogens (tertiary/aromatic N) is 1. The van der Waals surface area contributed by atoms with Gasteiger partial charge in [0.05, 0.1) is 38.5 Å². The van der Waals surface area contributed by atoms with Gasteiger partial charge in [-0.05, 0) is 48.7 Å². The van der Waals surface area contributed by atoms with Gasteiger partial charge in [-0.3, -0.25) is 9.59 Å². The number of hydrogen-bond donors (Lipinski definition) is 2. The molecule has 1 heterocycles. The minimum Gasteiger partial charge on any atom is -0.507 e. The maximum Gasteiger partial charge on any atom is 0.295 e. The largest absolute Gasteiger partial charge is 0.507 e. The Hall–Kier alpha value is -4.46. The fraction of sp³-hybridized carbons (Fsp3) is 0.290. The number of phenolic OH excluding ortho intramolecular Hbond substituents is 1. The number of ether oxygens (including phenoxy) is 3. The Morgan fingerprint density at radius 1 is 0.974 bits per heavy atom. The van der Waals surface area contributed by atoms with Crippen molar-refractivity contribution in [1.29, 1.82) is 0 Å². The minimum absolute atomic E-state index is 0.0540. The van der Waals surface area contributed by atoms with Gasteiger partial charge >= 0.3 is 0 Å². The second-order valence-electron chi connectivity index (χ2n) is 9.63. The maximum atomic E-state index is 13.5. The summed E-state index contributed by atoms with van der Waals surface area (Å²) in [7, 11) is 1.53. The minimum atomic E-state index is -0.949. The first-order valence-corrected chi connectivity index (χ1v) is 12.8. The molecule has 1 aliphatic rings. The highest BCUT2D eigenvalue weighted by Gasteiger charge is 2.46. The molecule has 1 unspecified atom stereocenters. The van der Waals surface area contributed by atoms with Crippen LogP contribution in [-0.4, -0.2) is 47.1 Å². The fourth-order valence-corrected chi connectivity index (χ4v) is 4.53. The zero-order valence-corrected chi connectivity index (χ0v) is 22.5. The molecule has 1 aliphatic heterocycles. The first kappa shape index (κ1) is 27.6. The summed E-state index contributed by atoms with van der Waals surface area (Å²) in [5.41, 5.74) is 1.48. The molecule has 0 aliphatic carbocycles. The van der Waals surface area contributed by atoms with Crippen LogP contribution in [0.1, 0.15) is 43.5 Å². The number of benzene rings is 3. The number of para-hydroxylation sites is 1. The van der Waals surface area contributed by atoms with Crippen LogP contribution in [0.5, 0.6) is 23.0 Å². The molecule has 1 atom stereocenters. The molecule has 204 valence electrons. The highest BCUT2D eigenvalue weighted by Crippen LogP contribution is 2.43. The van der Waals surface area contributed by atoms with Gasteiger partial charge in [-0.25, -0.2) is 0 Å². The molecule has 3 aromatic rings. The number of aliphatic hydroxyl groups is 1. The molecule has 0 spiro atoms. The van der Waals surface area contributed by atoms with Crippen LogP contribution in [-0.2, 0) is 16.1 Å². The van der Waals surface area contributed by atoms with Crippen molar-refractivity contribution in [2.45, 2.75) is 33.4 Å². The zero-order chi connectivity index (χ0) is 28.1. The maximum absolute atomic E-state index is 13.5. The zero-order valence-electron chi connectivity index (χ0n) is 22.5. The Bertz CT molecular complexity index is 1400. The summed E-state index contributed by atoms with van der Waals surface area (Å²) < 4.78 is 16.8. The smallest absolute Gasteiger partial charge is 0.295 e. The van der Waals surface area contributed by atoms with E-state index in [4.69, 9.17) is 14.2 Å². The SMILES string of the molecule is CCOc1cc(C2/C(=C(/O)c3cccc(OCC(C)C)c3)C(=O)C(=O)N2Cc2ccccc2OC)ccc1O. The van der Waals surface area contributed by atoms with E-state index in [-0.39, 0.29) is 29.4 Å². The number of aliphatic hydroxyl groups excluding tert-OH is 1. The van der Waals surface area contributed by atoms with Gasteiger partial charge in [-0.2, -0.15) is 0 Å². The predicted molar refractivity (Wildman–Crippen MR) is 147 cm³/mol. The summed E-state index contributed by atoms with van der Waals surface area (Å²) in [6.07, 6.45) is 0. The van der Waals surface area contributed by atoms with Gasteiger partial charge in [0.25, 0.3) is 11.7 Å². The van der Waals surface area contributed by atoms with E-state index in [2.05, 4.69) is 0 Å². The molecule has 1 fully saturated rings. The number of hydrogen-bond acceptors (Lipinski definition) is 7. The molecule has 1 saturated heterocycles. The van der Waals surface area contributed by atoms with Gasteiger partial charge in [0.15, 0.2) is 11.5 Å². The highest BCUT2D eigenvalue weighted by atomic mass is 16.5. The average molecular weight is 532 g/mol. The summed E-state index contributed by atoms with van der Waals surface area (Å²) in [6.45, 7) is 6.69. The number of rotatable bonds is 10. The molecule has 0 bridgehead atoms. The first-order valence-electron chi connectivity index (χ1n) is 12.8. The molecule has 4 rings (SSSR count). The lowest BCUT2D eigenvalue weighted by Gasteiger charge is -2.26. The van der Waals surface area contributed by atoms with Gasteiger partial charge < -0.3 is 29.3 Å². The number of phenols is 1. The van der Waals surface area contributed by atoms with Crippen LogP contribution < -0.4 is 14.2 Å². The van der Waals surface area contributed by atoms with Crippen LogP contribution in [0, 0.1) is 5.92 Å². The summed E-state index contributed by atoms with van der Waals surface area (Å²) in [5.74, 6) is -0.347. The summed E-state index contributed by atoms with van der Waals surface area (Å²) >= 11 is 0. The third-order valence-electron chi connectivity index (χ3n) is 6.36. The van der Waals surface area contributed by atoms with Crippen LogP contribution in [0.4, 0.5) is 0 Å². The van der Waals surface area contributed by atoms with Crippen molar-refractivity contribution >= 4 is 17.4 Å². The van der Waals surface area contributed by atoms with E-state index in [1.807, 2.05) is 32.0 Å². The van der Waals surface area contributed by atoms with Crippen LogP contribution in [0.2, 0.25) is 0 Å². The monoisotopic (exact) mass is 531 g/mol. The van der Waals surface area contributed by atoms with Crippen molar-refractivity contribution in [3.05, 3.63) is 89.0 Å². The molecule has 3 aromatic carbocycles. The Kier molecular flexibility index (Phi) is 8.44. The van der Waals surface area contributed by atoms with Gasteiger partial charge in [-0.15, -0.1) is 0 Å². The molecular weight excluding hydrogens is 498 g/mol. The molecule has 2 N–H and O–H groups in total. The van der Waals surface area contributed by atoms with E-state index < -0.39 is 17.7 Å². The Morgan fingerprint density at radius 2 is 1.74 bits per heavy atom. The molecule has 0 aromatic heterocycles. The van der Waals surface area contributed by atoms with Crippen molar-refractivity contribution < 1.29 is 34.0 Å². The number of amides is 1. The molecule has 0 saturated carbocycles. The van der Waals surface area contributed by atoms with Crippen LogP contribution >= 0.6 is 0 Å². The Morgan fingerprint density at radius 3 is 2.46 bits per heavy atom. The first-order chi connectivity index (χ1) is 18.7. The topological polar surface area (TPSA) is 106 Å². The predicted octanol–water partition coefficient (Wildman–Crippen LogP) is 5.46. The van der Waals surface area contributed by atoms with Crippen molar-refractivity contribution in [1.82, 2.24) is 4.90 Å². The number of methoxy groups -OCH3 is 1. The van der Waals surface area contributed by atoms with Crippen LogP contribution in [0.3, 0.4) is 0 Å². The van der Waals surface area contributed by atoms with E-state index in [9.17, 15) is 19.8 Å². The van der Waals surface area contributed by atoms with Gasteiger partial charge in [-0.1, -0.05) is 50.2 Å². The number of carbonyl (C=O) groups is 2. The summed E-state index contributed by atoms with van der Waals surface area (Å²) in [5, 5.41) is 21.8. The van der Waals surface area contributed by atoms with Crippen molar-refractivity contribution in [2.24, 2.45) is 5.92 Å². The van der Waals surface area contributed by atoms with E-state index in [1.54, 1.807) is 49.4 Å². The third-order valence-corrected chi connectivity index (χ3v) is 6.36. The molecule has 39 heavy (non-hydrogen) atoms. The molecular formula is C31H33NO7. The lowest BCUT2D eigenvalue weighted by molar-refractivity contribution is -0.140. The van der Waals surface area contributed by atoms with Gasteiger partial charge in [0, 0.05) is 11.1 Å². The second kappa shape index (κ2) is 11.9. The van der Waals surface area contributed by atoms with Crippen molar-refractivity contribution in [2.75, 3.05) is 20.3 Å². The summed E-state index contributed by atoms with van der Waals surface area (Å²) in [4.78, 5) is 28.3. The van der Waals surface area contributed by atoms with Crippen LogP contribution in [0.25, 0.3) is 5.76 Å². The quantitative estimate of drug-likeness (QED) is 0.203. The normalized spacial score (nSPS) is 16.5. The standard InChI is InChI=1S/C31H33NO7/c1-5-38-26-16-20(13-14-24(26)33)28-27(29(34)21-10-8-11-23(15-21)39-18-19(2)3)30(35)31(36)32(28)17-22-9-6-7-12-25(22)37-4/h6-16,19,28,33-34H,5,17-18H2,1-4H3/b29-27-. The van der Waals surface area contributed by atoms with Gasteiger partial charge in [0.1, 0.15) is 17.3 Å². The Labute approximate surface area is 228 Å². The van der Waals surface area contributed by atoms with Gasteiger partial charge in [0.2, 0.25) is 0 Å². The third kappa shape index (κ3) is 5.85. The summed E-state index contributed by atoms with van der Waals surface area (Å²) in [6, 6.07) is 17.7. The van der Waals surface area contributed by atoms with Crippen LogP contribution in [0.15, 0.2) is 72.3 Å². The lowest BCUT2D eigenvalue weighted by atomic mass is 9.94. The number of carbonyl (C=O) groups excluding carboxylic acids is 2. The fourth-order valence-electron chi connectivity index (χ4n) is 4.53. The number of Topliss-reactive ketones (excluding diaryl/α,β-unsaturated/α-hetero) is 1. The number of ketones is 1. The van der Waals surface area contributed by atoms with Crippen molar-refractivity contribution in [3.63, 3.8) is 0 Å². The van der Waals surface area contributed by atoms with E-state index in [1.165, 1.54) is 18.1 Å². The Balaban J connectivity index is 1.86. The van der Waals surface area contributed by atoms with Crippen molar-refractivity contribution in [3.8, 4) is 23.0 Å². The number of aromatic hydroxyl groups is 1. The van der Waals surface area contributed by atoms with E-state index >= 15 is 0 Å².